The van der Waals surface area contributed by atoms with Crippen molar-refractivity contribution >= 4 is 0 Å². The van der Waals surface area contributed by atoms with E-state index in [1.807, 2.05) is 24.3 Å². The third kappa shape index (κ3) is 3.74. The highest BCUT2D eigenvalue weighted by Gasteiger charge is 2.22. The van der Waals surface area contributed by atoms with Gasteiger partial charge in [-0.25, -0.2) is 0 Å². The van der Waals surface area contributed by atoms with E-state index in [1.54, 1.807) is 7.11 Å². The first-order valence-corrected chi connectivity index (χ1v) is 9.30. The van der Waals surface area contributed by atoms with E-state index < -0.39 is 0 Å². The lowest BCUT2D eigenvalue weighted by atomic mass is 9.83. The fourth-order valence-corrected chi connectivity index (χ4v) is 3.69. The topological polar surface area (TPSA) is 21.3 Å². The van der Waals surface area contributed by atoms with E-state index in [4.69, 9.17) is 4.74 Å². The molecule has 1 N–H and O–H groups in total. The Hall–Kier alpha value is -3.02. The number of hydrogen-bond donors (Lipinski definition) is 1. The van der Waals surface area contributed by atoms with Crippen LogP contribution in [0.25, 0.3) is 0 Å². The number of fused-ring (bicyclic) bond motifs is 1. The van der Waals surface area contributed by atoms with Gasteiger partial charge >= 0.3 is 0 Å². The van der Waals surface area contributed by atoms with Crippen LogP contribution < -0.4 is 10.1 Å². The molecule has 0 radical (unpaired) electrons. The number of aryl methyl sites for hydroxylation is 1. The Labute approximate surface area is 161 Å². The van der Waals surface area contributed by atoms with Gasteiger partial charge in [-0.2, -0.15) is 0 Å². The first-order chi connectivity index (χ1) is 13.2. The van der Waals surface area contributed by atoms with Gasteiger partial charge in [-0.05, 0) is 65.6 Å². The first kappa shape index (κ1) is 17.4. The Kier molecular flexibility index (Phi) is 4.96. The molecule has 0 saturated carbocycles. The average Bonchev–Trinajstić information content (AvgIpc) is 2.73. The molecule has 3 aromatic carbocycles. The number of ether oxygens (including phenoxy) is 1. The Balaban J connectivity index is 1.66. The van der Waals surface area contributed by atoms with Crippen molar-refractivity contribution in [2.24, 2.45) is 0 Å². The maximum absolute atomic E-state index is 5.20. The molecule has 2 heteroatoms. The van der Waals surface area contributed by atoms with Crippen molar-refractivity contribution in [2.45, 2.75) is 19.4 Å². The lowest BCUT2D eigenvalue weighted by molar-refractivity contribution is 0.415. The molecule has 0 fully saturated rings. The van der Waals surface area contributed by atoms with Crippen molar-refractivity contribution in [3.8, 4) is 17.6 Å². The van der Waals surface area contributed by atoms with Crippen LogP contribution in [0.4, 0.5) is 0 Å². The van der Waals surface area contributed by atoms with Gasteiger partial charge in [-0.3, -0.25) is 0 Å². The van der Waals surface area contributed by atoms with Gasteiger partial charge < -0.3 is 10.1 Å². The van der Waals surface area contributed by atoms with Crippen molar-refractivity contribution in [1.82, 2.24) is 5.32 Å². The Morgan fingerprint density at radius 3 is 2.44 bits per heavy atom. The van der Waals surface area contributed by atoms with E-state index in [2.05, 4.69) is 66.5 Å². The first-order valence-electron chi connectivity index (χ1n) is 9.30. The molecule has 0 saturated heterocycles. The summed E-state index contributed by atoms with van der Waals surface area (Å²) in [7, 11) is 1.67. The van der Waals surface area contributed by atoms with Crippen LogP contribution in [0.1, 0.15) is 39.3 Å². The fourth-order valence-electron chi connectivity index (χ4n) is 3.69. The minimum absolute atomic E-state index is 0.373. The standard InChI is InChI=1S/C25H23NO/c1-18-7-8-20(10-9-19-11-13-22(27-2)14-12-19)15-24(18)25-17-26-16-21-5-3-4-6-23(21)25/h3-8,11-15,25-26H,16-17H2,1-2H3. The summed E-state index contributed by atoms with van der Waals surface area (Å²) in [6, 6.07) is 23.1. The minimum Gasteiger partial charge on any atom is -0.497 e. The largest absolute Gasteiger partial charge is 0.497 e. The number of methoxy groups -OCH3 is 1. The molecular formula is C25H23NO. The van der Waals surface area contributed by atoms with Crippen LogP contribution in [0, 0.1) is 18.8 Å². The van der Waals surface area contributed by atoms with Crippen molar-refractivity contribution in [2.75, 3.05) is 13.7 Å². The molecule has 134 valence electrons. The monoisotopic (exact) mass is 353 g/mol. The highest BCUT2D eigenvalue weighted by molar-refractivity contribution is 5.50. The maximum Gasteiger partial charge on any atom is 0.118 e. The van der Waals surface area contributed by atoms with Crippen molar-refractivity contribution in [3.05, 3.63) is 100 Å². The summed E-state index contributed by atoms with van der Waals surface area (Å²) in [6.07, 6.45) is 0. The van der Waals surface area contributed by atoms with Crippen LogP contribution in [0.2, 0.25) is 0 Å². The predicted molar refractivity (Wildman–Crippen MR) is 110 cm³/mol. The highest BCUT2D eigenvalue weighted by Crippen LogP contribution is 2.32. The molecule has 1 aliphatic rings. The summed E-state index contributed by atoms with van der Waals surface area (Å²) >= 11 is 0. The van der Waals surface area contributed by atoms with Crippen LogP contribution >= 0.6 is 0 Å². The SMILES string of the molecule is COc1ccc(C#Cc2ccc(C)c(C3CNCc4ccccc43)c2)cc1. The minimum atomic E-state index is 0.373. The van der Waals surface area contributed by atoms with Crippen molar-refractivity contribution in [1.29, 1.82) is 0 Å². The van der Waals surface area contributed by atoms with Gasteiger partial charge in [-0.1, -0.05) is 42.2 Å². The molecule has 1 unspecified atom stereocenters. The average molecular weight is 353 g/mol. The van der Waals surface area contributed by atoms with Crippen LogP contribution in [0.3, 0.4) is 0 Å². The second kappa shape index (κ2) is 7.70. The van der Waals surface area contributed by atoms with E-state index in [9.17, 15) is 0 Å². The molecule has 4 rings (SSSR count). The third-order valence-corrected chi connectivity index (χ3v) is 5.19. The number of rotatable bonds is 2. The molecule has 0 aliphatic carbocycles. The predicted octanol–water partition coefficient (Wildman–Crippen LogP) is 4.64. The molecule has 1 heterocycles. The molecule has 0 aromatic heterocycles. The van der Waals surface area contributed by atoms with E-state index in [0.717, 1.165) is 30.0 Å². The van der Waals surface area contributed by atoms with E-state index in [0.29, 0.717) is 5.92 Å². The number of benzene rings is 3. The van der Waals surface area contributed by atoms with Crippen LogP contribution in [-0.4, -0.2) is 13.7 Å². The molecule has 3 aromatic rings. The van der Waals surface area contributed by atoms with Gasteiger partial charge in [0.05, 0.1) is 7.11 Å². The zero-order chi connectivity index (χ0) is 18.6. The molecule has 0 spiro atoms. The van der Waals surface area contributed by atoms with E-state index >= 15 is 0 Å². The zero-order valence-corrected chi connectivity index (χ0v) is 15.8. The summed E-state index contributed by atoms with van der Waals surface area (Å²) in [6.45, 7) is 4.10. The van der Waals surface area contributed by atoms with Crippen LogP contribution in [0.5, 0.6) is 5.75 Å². The molecule has 27 heavy (non-hydrogen) atoms. The van der Waals surface area contributed by atoms with Gasteiger partial charge in [0.15, 0.2) is 0 Å². The Morgan fingerprint density at radius 2 is 1.63 bits per heavy atom. The summed E-state index contributed by atoms with van der Waals surface area (Å²) in [5, 5.41) is 3.56. The smallest absolute Gasteiger partial charge is 0.118 e. The maximum atomic E-state index is 5.20. The second-order valence-electron chi connectivity index (χ2n) is 6.93. The highest BCUT2D eigenvalue weighted by atomic mass is 16.5. The fraction of sp³-hybridized carbons (Fsp3) is 0.200. The van der Waals surface area contributed by atoms with E-state index in [-0.39, 0.29) is 0 Å². The zero-order valence-electron chi connectivity index (χ0n) is 15.8. The molecule has 0 bridgehead atoms. The normalized spacial score (nSPS) is 15.4. The lowest BCUT2D eigenvalue weighted by Gasteiger charge is -2.28. The molecule has 1 aliphatic heterocycles. The summed E-state index contributed by atoms with van der Waals surface area (Å²) in [5.74, 6) is 7.80. The van der Waals surface area contributed by atoms with Crippen LogP contribution in [0.15, 0.2) is 66.7 Å². The Morgan fingerprint density at radius 1 is 0.889 bits per heavy atom. The molecular weight excluding hydrogens is 330 g/mol. The summed E-state index contributed by atoms with van der Waals surface area (Å²) < 4.78 is 5.20. The van der Waals surface area contributed by atoms with Gasteiger partial charge in [0.2, 0.25) is 0 Å². The quantitative estimate of drug-likeness (QED) is 0.678. The van der Waals surface area contributed by atoms with Gasteiger partial charge in [0.25, 0.3) is 0 Å². The van der Waals surface area contributed by atoms with Crippen molar-refractivity contribution < 1.29 is 4.74 Å². The molecule has 2 nitrogen and oxygen atoms in total. The second-order valence-corrected chi connectivity index (χ2v) is 6.93. The molecule has 1 atom stereocenters. The van der Waals surface area contributed by atoms with Crippen molar-refractivity contribution in [3.63, 3.8) is 0 Å². The Bertz CT molecular complexity index is 1010. The molecule has 0 amide bonds. The van der Waals surface area contributed by atoms with Gasteiger partial charge in [0, 0.05) is 30.1 Å². The van der Waals surface area contributed by atoms with Gasteiger partial charge in [0.1, 0.15) is 5.75 Å². The number of nitrogens with one attached hydrogen (secondary N) is 1. The summed E-state index contributed by atoms with van der Waals surface area (Å²) in [4.78, 5) is 0. The number of hydrogen-bond acceptors (Lipinski definition) is 2. The summed E-state index contributed by atoms with van der Waals surface area (Å²) in [5.41, 5.74) is 7.53. The van der Waals surface area contributed by atoms with E-state index in [1.165, 1.54) is 22.3 Å². The lowest BCUT2D eigenvalue weighted by Crippen LogP contribution is -2.29. The van der Waals surface area contributed by atoms with Gasteiger partial charge in [-0.15, -0.1) is 0 Å². The third-order valence-electron chi connectivity index (χ3n) is 5.19. The van der Waals surface area contributed by atoms with Crippen LogP contribution in [-0.2, 0) is 6.54 Å².